The summed E-state index contributed by atoms with van der Waals surface area (Å²) in [6.07, 6.45) is 2.88. The molecule has 3 nitrogen and oxygen atoms in total. The number of anilines is 1. The molecule has 0 aliphatic heterocycles. The van der Waals surface area contributed by atoms with Crippen molar-refractivity contribution in [2.24, 2.45) is 7.05 Å². The highest BCUT2D eigenvalue weighted by Crippen LogP contribution is 2.23. The number of nitrogens with two attached hydrogens (primary N) is 1. The summed E-state index contributed by atoms with van der Waals surface area (Å²) in [4.78, 5) is 0. The number of nitrogen functional groups attached to an aromatic ring is 1. The average molecular weight is 201 g/mol. The van der Waals surface area contributed by atoms with Crippen LogP contribution in [0.3, 0.4) is 0 Å². The van der Waals surface area contributed by atoms with Crippen LogP contribution in [-0.4, -0.2) is 9.78 Å². The first-order valence-electron chi connectivity index (χ1n) is 5.09. The van der Waals surface area contributed by atoms with E-state index in [1.54, 1.807) is 4.68 Å². The number of hydrogen-bond acceptors (Lipinski definition) is 2. The molecule has 0 saturated carbocycles. The molecule has 0 radical (unpaired) electrons. The minimum atomic E-state index is 0.724. The van der Waals surface area contributed by atoms with Gasteiger partial charge in [-0.15, -0.1) is 0 Å². The monoisotopic (exact) mass is 201 g/mol. The van der Waals surface area contributed by atoms with E-state index in [1.165, 1.54) is 5.56 Å². The van der Waals surface area contributed by atoms with Crippen molar-refractivity contribution in [1.82, 2.24) is 9.78 Å². The van der Waals surface area contributed by atoms with Gasteiger partial charge in [0.25, 0.3) is 0 Å². The van der Waals surface area contributed by atoms with Crippen LogP contribution in [-0.2, 0) is 13.5 Å². The Bertz CT molecular complexity index is 454. The second kappa shape index (κ2) is 3.77. The van der Waals surface area contributed by atoms with E-state index in [4.69, 9.17) is 5.73 Å². The van der Waals surface area contributed by atoms with Crippen LogP contribution in [0.4, 0.5) is 5.69 Å². The molecule has 0 aliphatic carbocycles. The van der Waals surface area contributed by atoms with E-state index in [1.807, 2.05) is 13.2 Å². The van der Waals surface area contributed by atoms with Gasteiger partial charge in [-0.1, -0.05) is 31.2 Å². The van der Waals surface area contributed by atoms with E-state index in [9.17, 15) is 0 Å². The maximum Gasteiger partial charge on any atom is 0.115 e. The molecule has 2 rings (SSSR count). The molecule has 3 heteroatoms. The van der Waals surface area contributed by atoms with Crippen molar-refractivity contribution in [3.8, 4) is 11.3 Å². The lowest BCUT2D eigenvalue weighted by Crippen LogP contribution is -1.89. The molecule has 0 aliphatic rings. The van der Waals surface area contributed by atoms with Gasteiger partial charge in [-0.25, -0.2) is 0 Å². The molecule has 2 N–H and O–H groups in total. The summed E-state index contributed by atoms with van der Waals surface area (Å²) >= 11 is 0. The van der Waals surface area contributed by atoms with Gasteiger partial charge in [-0.2, -0.15) is 5.10 Å². The highest BCUT2D eigenvalue weighted by atomic mass is 15.3. The van der Waals surface area contributed by atoms with Gasteiger partial charge < -0.3 is 5.73 Å². The molecule has 0 atom stereocenters. The number of aromatic nitrogens is 2. The lowest BCUT2D eigenvalue weighted by atomic mass is 10.1. The Labute approximate surface area is 89.5 Å². The summed E-state index contributed by atoms with van der Waals surface area (Å²) in [5.74, 6) is 0. The van der Waals surface area contributed by atoms with Crippen LogP contribution in [0.5, 0.6) is 0 Å². The summed E-state index contributed by atoms with van der Waals surface area (Å²) in [5.41, 5.74) is 9.85. The van der Waals surface area contributed by atoms with Gasteiger partial charge in [0.15, 0.2) is 0 Å². The maximum atomic E-state index is 5.86. The smallest absolute Gasteiger partial charge is 0.115 e. The quantitative estimate of drug-likeness (QED) is 0.809. The van der Waals surface area contributed by atoms with Gasteiger partial charge in [-0.05, 0) is 12.0 Å². The van der Waals surface area contributed by atoms with Gasteiger partial charge in [0.1, 0.15) is 5.69 Å². The molecule has 0 fully saturated rings. The molecular weight excluding hydrogens is 186 g/mol. The van der Waals surface area contributed by atoms with Crippen molar-refractivity contribution < 1.29 is 0 Å². The Kier molecular flexibility index (Phi) is 2.46. The number of aryl methyl sites for hydroxylation is 2. The van der Waals surface area contributed by atoms with Crippen molar-refractivity contribution >= 4 is 5.69 Å². The molecule has 0 spiro atoms. The van der Waals surface area contributed by atoms with E-state index in [2.05, 4.69) is 36.3 Å². The molecule has 0 saturated heterocycles. The Morgan fingerprint density at radius 1 is 1.27 bits per heavy atom. The largest absolute Gasteiger partial charge is 0.396 e. The summed E-state index contributed by atoms with van der Waals surface area (Å²) in [5, 5.41) is 4.33. The predicted molar refractivity (Wildman–Crippen MR) is 62.4 cm³/mol. The topological polar surface area (TPSA) is 43.8 Å². The van der Waals surface area contributed by atoms with Crippen LogP contribution in [0, 0.1) is 0 Å². The fourth-order valence-electron chi connectivity index (χ4n) is 1.63. The number of benzene rings is 1. The first kappa shape index (κ1) is 9.77. The van der Waals surface area contributed by atoms with Crippen LogP contribution in [0.25, 0.3) is 11.3 Å². The second-order valence-electron chi connectivity index (χ2n) is 3.66. The van der Waals surface area contributed by atoms with Crippen LogP contribution in [0.2, 0.25) is 0 Å². The minimum absolute atomic E-state index is 0.724. The third-order valence-corrected chi connectivity index (χ3v) is 2.49. The van der Waals surface area contributed by atoms with Crippen molar-refractivity contribution in [3.63, 3.8) is 0 Å². The van der Waals surface area contributed by atoms with Crippen molar-refractivity contribution in [2.75, 3.05) is 5.73 Å². The lowest BCUT2D eigenvalue weighted by molar-refractivity contribution is 0.771. The SMILES string of the molecule is CCc1ccc(-c2nn(C)cc2N)cc1. The molecule has 78 valence electrons. The van der Waals surface area contributed by atoms with Gasteiger partial charge in [0, 0.05) is 18.8 Å². The first-order chi connectivity index (χ1) is 7.20. The highest BCUT2D eigenvalue weighted by molar-refractivity contribution is 5.71. The number of hydrogen-bond donors (Lipinski definition) is 1. The Morgan fingerprint density at radius 2 is 1.93 bits per heavy atom. The molecule has 1 aromatic carbocycles. The lowest BCUT2D eigenvalue weighted by Gasteiger charge is -2.00. The second-order valence-corrected chi connectivity index (χ2v) is 3.66. The van der Waals surface area contributed by atoms with Crippen LogP contribution >= 0.6 is 0 Å². The molecule has 2 aromatic rings. The fourth-order valence-corrected chi connectivity index (χ4v) is 1.63. The molecule has 15 heavy (non-hydrogen) atoms. The van der Waals surface area contributed by atoms with Crippen LogP contribution < -0.4 is 5.73 Å². The molecule has 1 heterocycles. The molecule has 0 amide bonds. The summed E-state index contributed by atoms with van der Waals surface area (Å²) < 4.78 is 1.73. The molecule has 1 aromatic heterocycles. The zero-order chi connectivity index (χ0) is 10.8. The first-order valence-corrected chi connectivity index (χ1v) is 5.09. The summed E-state index contributed by atoms with van der Waals surface area (Å²) in [7, 11) is 1.88. The average Bonchev–Trinajstić information content (AvgIpc) is 2.58. The van der Waals surface area contributed by atoms with Crippen LogP contribution in [0.1, 0.15) is 12.5 Å². The summed E-state index contributed by atoms with van der Waals surface area (Å²) in [6, 6.07) is 8.36. The highest BCUT2D eigenvalue weighted by Gasteiger charge is 2.06. The predicted octanol–water partition coefficient (Wildman–Crippen LogP) is 2.23. The zero-order valence-corrected chi connectivity index (χ0v) is 9.07. The number of rotatable bonds is 2. The van der Waals surface area contributed by atoms with Gasteiger partial charge >= 0.3 is 0 Å². The third kappa shape index (κ3) is 1.86. The fraction of sp³-hybridized carbons (Fsp3) is 0.250. The number of nitrogens with zero attached hydrogens (tertiary/aromatic N) is 2. The maximum absolute atomic E-state index is 5.86. The molecule has 0 unspecified atom stereocenters. The Balaban J connectivity index is 2.41. The van der Waals surface area contributed by atoms with Crippen molar-refractivity contribution in [1.29, 1.82) is 0 Å². The van der Waals surface area contributed by atoms with Crippen molar-refractivity contribution in [2.45, 2.75) is 13.3 Å². The van der Waals surface area contributed by atoms with Crippen LogP contribution in [0.15, 0.2) is 30.5 Å². The van der Waals surface area contributed by atoms with E-state index < -0.39 is 0 Å². The Morgan fingerprint density at radius 3 is 2.40 bits per heavy atom. The molecular formula is C12H15N3. The zero-order valence-electron chi connectivity index (χ0n) is 9.07. The van der Waals surface area contributed by atoms with E-state index in [0.717, 1.165) is 23.4 Å². The Hall–Kier alpha value is -1.77. The van der Waals surface area contributed by atoms with E-state index in [-0.39, 0.29) is 0 Å². The van der Waals surface area contributed by atoms with Crippen molar-refractivity contribution in [3.05, 3.63) is 36.0 Å². The van der Waals surface area contributed by atoms with Gasteiger partial charge in [-0.3, -0.25) is 4.68 Å². The van der Waals surface area contributed by atoms with E-state index >= 15 is 0 Å². The minimum Gasteiger partial charge on any atom is -0.396 e. The van der Waals surface area contributed by atoms with E-state index in [0.29, 0.717) is 0 Å². The molecule has 0 bridgehead atoms. The van der Waals surface area contributed by atoms with Gasteiger partial charge in [0.2, 0.25) is 0 Å². The normalized spacial score (nSPS) is 10.5. The van der Waals surface area contributed by atoms with Gasteiger partial charge in [0.05, 0.1) is 5.69 Å². The third-order valence-electron chi connectivity index (χ3n) is 2.49. The summed E-state index contributed by atoms with van der Waals surface area (Å²) in [6.45, 7) is 2.14. The standard InChI is InChI=1S/C12H15N3/c1-3-9-4-6-10(7-5-9)12-11(13)8-15(2)14-12/h4-8H,3,13H2,1-2H3.